The van der Waals surface area contributed by atoms with Gasteiger partial charge in [-0.3, -0.25) is 4.79 Å². The van der Waals surface area contributed by atoms with Crippen molar-refractivity contribution in [3.8, 4) is 0 Å². The predicted octanol–water partition coefficient (Wildman–Crippen LogP) is 2.64. The number of aromatic nitrogens is 1. The van der Waals surface area contributed by atoms with Gasteiger partial charge in [0.2, 0.25) is 5.91 Å². The molecule has 5 heteroatoms. The number of carbonyl (C=O) groups excluding carboxylic acids is 1. The first-order valence-corrected chi connectivity index (χ1v) is 7.17. The Morgan fingerprint density at radius 3 is 3.05 bits per heavy atom. The molecule has 1 saturated carbocycles. The monoisotopic (exact) mass is 273 g/mol. The van der Waals surface area contributed by atoms with E-state index in [4.69, 9.17) is 4.42 Å². The Morgan fingerprint density at radius 2 is 2.30 bits per heavy atom. The van der Waals surface area contributed by atoms with Crippen LogP contribution in [0, 0.1) is 0 Å². The second kappa shape index (κ2) is 5.63. The number of nitrogens with one attached hydrogen (secondary N) is 2. The van der Waals surface area contributed by atoms with E-state index in [1.807, 2.05) is 18.2 Å². The van der Waals surface area contributed by atoms with Gasteiger partial charge in [-0.15, -0.1) is 0 Å². The van der Waals surface area contributed by atoms with E-state index in [0.29, 0.717) is 12.5 Å². The molecular weight excluding hydrogens is 254 g/mol. The molecule has 5 nitrogen and oxygen atoms in total. The molecule has 0 bridgehead atoms. The summed E-state index contributed by atoms with van der Waals surface area (Å²) >= 11 is 0. The third kappa shape index (κ3) is 2.99. The number of fused-ring (bicyclic) bond motifs is 1. The second-order valence-corrected chi connectivity index (χ2v) is 5.23. The molecule has 1 aliphatic rings. The number of oxazole rings is 1. The lowest BCUT2D eigenvalue weighted by Crippen LogP contribution is -2.28. The topological polar surface area (TPSA) is 67.2 Å². The summed E-state index contributed by atoms with van der Waals surface area (Å²) in [6.07, 6.45) is 3.35. The molecule has 20 heavy (non-hydrogen) atoms. The molecular formula is C15H19N3O2. The Bertz CT molecular complexity index is 617. The molecule has 1 heterocycles. The quantitative estimate of drug-likeness (QED) is 0.794. The molecule has 1 fully saturated rings. The van der Waals surface area contributed by atoms with Gasteiger partial charge in [-0.25, -0.2) is 4.98 Å². The van der Waals surface area contributed by atoms with Crippen LogP contribution in [0.15, 0.2) is 22.6 Å². The fraction of sp³-hybridized carbons (Fsp3) is 0.467. The van der Waals surface area contributed by atoms with Gasteiger partial charge < -0.3 is 15.1 Å². The Hall–Kier alpha value is -1.88. The van der Waals surface area contributed by atoms with Gasteiger partial charge in [0.15, 0.2) is 11.5 Å². The van der Waals surface area contributed by atoms with Crippen molar-refractivity contribution in [2.45, 2.75) is 32.1 Å². The highest BCUT2D eigenvalue weighted by atomic mass is 16.3. The predicted molar refractivity (Wildman–Crippen MR) is 77.8 cm³/mol. The Kier molecular flexibility index (Phi) is 3.69. The van der Waals surface area contributed by atoms with Crippen LogP contribution in [0.4, 0.5) is 5.69 Å². The van der Waals surface area contributed by atoms with Gasteiger partial charge >= 0.3 is 0 Å². The first-order chi connectivity index (χ1) is 9.76. The van der Waals surface area contributed by atoms with E-state index in [0.717, 1.165) is 35.6 Å². The second-order valence-electron chi connectivity index (χ2n) is 5.23. The SMILES string of the molecule is CCCNCC(=O)Nc1ccc2oc(C3CC3)nc2c1. The molecule has 1 aromatic heterocycles. The minimum atomic E-state index is -0.0382. The molecule has 1 amide bonds. The third-order valence-corrected chi connectivity index (χ3v) is 3.33. The van der Waals surface area contributed by atoms with Crippen molar-refractivity contribution < 1.29 is 9.21 Å². The van der Waals surface area contributed by atoms with Crippen LogP contribution in [-0.4, -0.2) is 24.0 Å². The summed E-state index contributed by atoms with van der Waals surface area (Å²) in [4.78, 5) is 16.2. The van der Waals surface area contributed by atoms with Crippen LogP contribution >= 0.6 is 0 Å². The molecule has 106 valence electrons. The summed E-state index contributed by atoms with van der Waals surface area (Å²) in [5, 5.41) is 5.94. The normalized spacial score (nSPS) is 14.7. The van der Waals surface area contributed by atoms with Gasteiger partial charge in [-0.1, -0.05) is 6.92 Å². The van der Waals surface area contributed by atoms with E-state index in [1.54, 1.807) is 0 Å². The molecule has 3 rings (SSSR count). The van der Waals surface area contributed by atoms with Crippen LogP contribution in [-0.2, 0) is 4.79 Å². The van der Waals surface area contributed by atoms with Crippen LogP contribution in [0.2, 0.25) is 0 Å². The molecule has 0 unspecified atom stereocenters. The molecule has 0 radical (unpaired) electrons. The number of hydrogen-bond donors (Lipinski definition) is 2. The van der Waals surface area contributed by atoms with Gasteiger partial charge in [-0.2, -0.15) is 0 Å². The van der Waals surface area contributed by atoms with E-state index >= 15 is 0 Å². The van der Waals surface area contributed by atoms with E-state index in [1.165, 1.54) is 12.8 Å². The standard InChI is InChI=1S/C15H19N3O2/c1-2-7-16-9-14(19)17-11-5-6-13-12(8-11)18-15(20-13)10-3-4-10/h5-6,8,10,16H,2-4,7,9H2,1H3,(H,17,19). The van der Waals surface area contributed by atoms with Crippen molar-refractivity contribution in [3.63, 3.8) is 0 Å². The number of anilines is 1. The minimum absolute atomic E-state index is 0.0382. The van der Waals surface area contributed by atoms with Crippen molar-refractivity contribution in [2.24, 2.45) is 0 Å². The van der Waals surface area contributed by atoms with Crippen LogP contribution in [0.5, 0.6) is 0 Å². The Balaban J connectivity index is 1.67. The number of nitrogens with zero attached hydrogens (tertiary/aromatic N) is 1. The summed E-state index contributed by atoms with van der Waals surface area (Å²) in [5.41, 5.74) is 2.36. The van der Waals surface area contributed by atoms with Gasteiger partial charge in [-0.05, 0) is 44.0 Å². The summed E-state index contributed by atoms with van der Waals surface area (Å²) < 4.78 is 5.70. The van der Waals surface area contributed by atoms with Crippen molar-refractivity contribution in [2.75, 3.05) is 18.4 Å². The van der Waals surface area contributed by atoms with Gasteiger partial charge in [0, 0.05) is 11.6 Å². The number of rotatable bonds is 6. The summed E-state index contributed by atoms with van der Waals surface area (Å²) in [5.74, 6) is 1.29. The zero-order chi connectivity index (χ0) is 13.9. The maximum Gasteiger partial charge on any atom is 0.238 e. The number of benzene rings is 1. The zero-order valence-corrected chi connectivity index (χ0v) is 11.6. The highest BCUT2D eigenvalue weighted by Gasteiger charge is 2.28. The Morgan fingerprint density at radius 1 is 1.45 bits per heavy atom. The average Bonchev–Trinajstić information content (AvgIpc) is 3.19. The Labute approximate surface area is 117 Å². The molecule has 2 aromatic rings. The maximum absolute atomic E-state index is 11.7. The van der Waals surface area contributed by atoms with Crippen molar-refractivity contribution in [3.05, 3.63) is 24.1 Å². The summed E-state index contributed by atoms with van der Waals surface area (Å²) in [6.45, 7) is 3.25. The molecule has 1 aromatic carbocycles. The summed E-state index contributed by atoms with van der Waals surface area (Å²) in [7, 11) is 0. The zero-order valence-electron chi connectivity index (χ0n) is 11.6. The molecule has 2 N–H and O–H groups in total. The lowest BCUT2D eigenvalue weighted by molar-refractivity contribution is -0.115. The van der Waals surface area contributed by atoms with Crippen LogP contribution < -0.4 is 10.6 Å². The van der Waals surface area contributed by atoms with E-state index in [2.05, 4.69) is 22.5 Å². The van der Waals surface area contributed by atoms with E-state index in [9.17, 15) is 4.79 Å². The lowest BCUT2D eigenvalue weighted by Gasteiger charge is -2.05. The van der Waals surface area contributed by atoms with Crippen LogP contribution in [0.25, 0.3) is 11.1 Å². The smallest absolute Gasteiger partial charge is 0.238 e. The lowest BCUT2D eigenvalue weighted by atomic mass is 10.3. The minimum Gasteiger partial charge on any atom is -0.440 e. The van der Waals surface area contributed by atoms with Crippen molar-refractivity contribution in [1.29, 1.82) is 0 Å². The molecule has 0 saturated heterocycles. The first kappa shape index (κ1) is 13.1. The van der Waals surface area contributed by atoms with E-state index < -0.39 is 0 Å². The van der Waals surface area contributed by atoms with Crippen LogP contribution in [0.1, 0.15) is 38.0 Å². The largest absolute Gasteiger partial charge is 0.440 e. The van der Waals surface area contributed by atoms with E-state index in [-0.39, 0.29) is 5.91 Å². The van der Waals surface area contributed by atoms with Crippen molar-refractivity contribution >= 4 is 22.7 Å². The fourth-order valence-electron chi connectivity index (χ4n) is 2.11. The summed E-state index contributed by atoms with van der Waals surface area (Å²) in [6, 6.07) is 5.58. The number of carbonyl (C=O) groups is 1. The maximum atomic E-state index is 11.7. The third-order valence-electron chi connectivity index (χ3n) is 3.33. The average molecular weight is 273 g/mol. The molecule has 0 aliphatic heterocycles. The van der Waals surface area contributed by atoms with Gasteiger partial charge in [0.1, 0.15) is 5.52 Å². The van der Waals surface area contributed by atoms with Gasteiger partial charge in [0.05, 0.1) is 6.54 Å². The highest BCUT2D eigenvalue weighted by molar-refractivity contribution is 5.94. The molecule has 0 atom stereocenters. The number of hydrogen-bond acceptors (Lipinski definition) is 4. The highest BCUT2D eigenvalue weighted by Crippen LogP contribution is 2.40. The van der Waals surface area contributed by atoms with Crippen LogP contribution in [0.3, 0.4) is 0 Å². The number of amides is 1. The first-order valence-electron chi connectivity index (χ1n) is 7.17. The van der Waals surface area contributed by atoms with Crippen molar-refractivity contribution in [1.82, 2.24) is 10.3 Å². The molecule has 0 spiro atoms. The van der Waals surface area contributed by atoms with Gasteiger partial charge in [0.25, 0.3) is 0 Å². The molecule has 1 aliphatic carbocycles. The fourth-order valence-corrected chi connectivity index (χ4v) is 2.11.